The molecule has 6 rings (SSSR count). The van der Waals surface area contributed by atoms with Gasteiger partial charge in [0, 0.05) is 6.42 Å². The van der Waals surface area contributed by atoms with Gasteiger partial charge in [0.25, 0.3) is 13.5 Å². The van der Waals surface area contributed by atoms with Gasteiger partial charge in [0.2, 0.25) is 12.2 Å². The molecule has 2 aliphatic heterocycles. The average Bonchev–Trinajstić information content (AvgIpc) is 3.34. The number of Topliss-reactive ketones (excluding diaryl/α,β-unsaturated/α-hetero) is 1. The van der Waals surface area contributed by atoms with E-state index in [1.807, 2.05) is 36.4 Å². The first kappa shape index (κ1) is 56.2. The predicted octanol–water partition coefficient (Wildman–Crippen LogP) is 8.38. The van der Waals surface area contributed by atoms with Crippen molar-refractivity contribution >= 4 is 99.1 Å². The van der Waals surface area contributed by atoms with E-state index in [1.54, 1.807) is 84.9 Å². The largest absolute Gasteiger partial charge is 0.479 e. The number of hydrogen-bond donors (Lipinski definition) is 3. The highest BCUT2D eigenvalue weighted by Gasteiger charge is 2.58. The molecule has 22 heteroatoms. The first-order valence-corrected chi connectivity index (χ1v) is 24.3. The van der Waals surface area contributed by atoms with Gasteiger partial charge in [0.15, 0.2) is 18.5 Å². The van der Waals surface area contributed by atoms with E-state index in [9.17, 15) is 24.3 Å². The van der Waals surface area contributed by atoms with Crippen molar-refractivity contribution in [3.63, 3.8) is 0 Å². The fraction of sp³-hybridized carbons (Fsp3) is 0.408. The lowest BCUT2D eigenvalue weighted by Crippen LogP contribution is -2.70. The van der Waals surface area contributed by atoms with Gasteiger partial charge in [-0.1, -0.05) is 191 Å². The van der Waals surface area contributed by atoms with Crippen molar-refractivity contribution < 1.29 is 66.9 Å². The Hall–Kier alpha value is -4.11. The summed E-state index contributed by atoms with van der Waals surface area (Å²) in [7, 11) is 0. The number of carbonyl (C=O) groups excluding carboxylic acids is 3. The van der Waals surface area contributed by atoms with Gasteiger partial charge in [-0.25, -0.2) is 4.79 Å². The zero-order chi connectivity index (χ0) is 51.1. The molecule has 382 valence electrons. The Kier molecular flexibility index (Phi) is 21.2. The molecule has 4 aromatic carbocycles. The summed E-state index contributed by atoms with van der Waals surface area (Å²) in [5.74, 6) is -5.02. The summed E-state index contributed by atoms with van der Waals surface area (Å²) in [5.41, 5.74) is 2.78. The minimum Gasteiger partial charge on any atom is -0.479 e. The highest BCUT2D eigenvalue weighted by molar-refractivity contribution is 6.76. The van der Waals surface area contributed by atoms with Gasteiger partial charge in [0.1, 0.15) is 42.3 Å². The maximum Gasteiger partial charge on any atom is 0.336 e. The summed E-state index contributed by atoms with van der Waals surface area (Å²) in [5, 5.41) is 22.0. The summed E-state index contributed by atoms with van der Waals surface area (Å²) in [4.78, 5) is 52.5. The van der Waals surface area contributed by atoms with Crippen LogP contribution in [0.2, 0.25) is 0 Å². The summed E-state index contributed by atoms with van der Waals surface area (Å²) in [6.45, 7) is 0.690. The van der Waals surface area contributed by atoms with E-state index in [0.29, 0.717) is 16.7 Å². The van der Waals surface area contributed by atoms with Crippen molar-refractivity contribution in [2.45, 2.75) is 115 Å². The molecule has 3 N–H and O–H groups in total. The van der Waals surface area contributed by atoms with Crippen molar-refractivity contribution in [3.8, 4) is 0 Å². The third-order valence-electron chi connectivity index (χ3n) is 10.9. The van der Waals surface area contributed by atoms with Crippen LogP contribution >= 0.6 is 69.6 Å². The Morgan fingerprint density at radius 3 is 1.54 bits per heavy atom. The standard InChI is InChI=1S/C49H50Cl6N2O14/c1-29(58)22-23-35(59)68-40-39(65-26-32-18-10-4-11-19-32)42(66-27-33-20-12-5-13-21-33)45(70-41(40)43(60)61)69-38-36(57-47(62)49(53,54)55)44(71-46(56)48(50,51)52)67-34(28-63-24-30-14-6-2-7-15-30)37(38)64-25-31-16-8-3-9-17-31/h2-21,34,36-42,44-45,56H,22-28H2,1H3,(H,57,62)(H,60,61)/t34-,36-,37-,38-,39+,40+,41+,42-,44?,45-/m1/s1. The van der Waals surface area contributed by atoms with Crippen molar-refractivity contribution in [1.82, 2.24) is 5.32 Å². The van der Waals surface area contributed by atoms with Crippen molar-refractivity contribution in [1.29, 1.82) is 5.41 Å². The van der Waals surface area contributed by atoms with E-state index in [4.69, 9.17) is 118 Å². The number of esters is 1. The SMILES string of the molecule is CC(=O)CCC(=O)O[C@H]1[C@H](OCc2ccccc2)[C@@H](OCc2ccccc2)[C@H](O[C@H]2[C@H](OCc3ccccc3)[C@@H](COCc3ccccc3)OC(OC(=N)C(Cl)(Cl)Cl)[C@@H]2NC(=O)C(Cl)(Cl)Cl)O[C@@H]1C(=O)O. The first-order chi connectivity index (χ1) is 33.9. The second kappa shape index (κ2) is 26.7. The van der Waals surface area contributed by atoms with Crippen molar-refractivity contribution in [2.75, 3.05) is 6.61 Å². The molecule has 2 aliphatic rings. The van der Waals surface area contributed by atoms with Gasteiger partial charge < -0.3 is 57.8 Å². The lowest BCUT2D eigenvalue weighted by Gasteiger charge is -2.50. The van der Waals surface area contributed by atoms with E-state index in [0.717, 1.165) is 5.56 Å². The normalized spacial score (nSPS) is 24.6. The number of amides is 1. The van der Waals surface area contributed by atoms with Crippen LogP contribution in [0.4, 0.5) is 0 Å². The number of ether oxygens (including phenoxy) is 9. The minimum atomic E-state index is -2.62. The van der Waals surface area contributed by atoms with Gasteiger partial charge in [-0.2, -0.15) is 0 Å². The molecule has 0 radical (unpaired) electrons. The van der Waals surface area contributed by atoms with Crippen molar-refractivity contribution in [2.24, 2.45) is 0 Å². The maximum atomic E-state index is 13.8. The van der Waals surface area contributed by atoms with Gasteiger partial charge in [-0.05, 0) is 29.2 Å². The molecule has 16 nitrogen and oxygen atoms in total. The lowest BCUT2D eigenvalue weighted by atomic mass is 9.94. The second-order valence-electron chi connectivity index (χ2n) is 16.3. The van der Waals surface area contributed by atoms with Gasteiger partial charge >= 0.3 is 11.9 Å². The Labute approximate surface area is 439 Å². The topological polar surface area (TPSA) is 207 Å². The number of rotatable bonds is 22. The monoisotopic (exact) mass is 1100 g/mol. The average molecular weight is 1100 g/mol. The van der Waals surface area contributed by atoms with Crippen LogP contribution in [-0.4, -0.2) is 110 Å². The molecular weight excluding hydrogens is 1050 g/mol. The molecule has 0 saturated carbocycles. The van der Waals surface area contributed by atoms with E-state index < -0.39 is 92.7 Å². The molecule has 0 aromatic heterocycles. The number of halogens is 6. The third kappa shape index (κ3) is 17.0. The number of carboxylic acids is 1. The molecule has 2 fully saturated rings. The summed E-state index contributed by atoms with van der Waals surface area (Å²) >= 11 is 36.7. The van der Waals surface area contributed by atoms with Crippen LogP contribution in [0.1, 0.15) is 42.0 Å². The fourth-order valence-corrected chi connectivity index (χ4v) is 7.79. The highest BCUT2D eigenvalue weighted by Crippen LogP contribution is 2.38. The van der Waals surface area contributed by atoms with Gasteiger partial charge in [0.05, 0.1) is 39.5 Å². The van der Waals surface area contributed by atoms with Crippen molar-refractivity contribution in [3.05, 3.63) is 144 Å². The third-order valence-corrected chi connectivity index (χ3v) is 12.0. The molecular formula is C49H50Cl6N2O14. The number of carbonyl (C=O) groups is 4. The molecule has 1 amide bonds. The maximum absolute atomic E-state index is 13.8. The molecule has 2 heterocycles. The molecule has 0 spiro atoms. The number of nitrogens with one attached hydrogen (secondary N) is 2. The first-order valence-electron chi connectivity index (χ1n) is 22.0. The lowest BCUT2D eigenvalue weighted by molar-refractivity contribution is -0.350. The fourth-order valence-electron chi connectivity index (χ4n) is 7.50. The van der Waals surface area contributed by atoms with E-state index >= 15 is 0 Å². The Morgan fingerprint density at radius 2 is 1.07 bits per heavy atom. The van der Waals surface area contributed by atoms with Crippen LogP contribution in [-0.2, 0) is 88.2 Å². The zero-order valence-corrected chi connectivity index (χ0v) is 42.3. The second-order valence-corrected chi connectivity index (χ2v) is 20.9. The molecule has 1 unspecified atom stereocenters. The molecule has 0 bridgehead atoms. The Bertz CT molecular complexity index is 2350. The Morgan fingerprint density at radius 1 is 0.592 bits per heavy atom. The van der Waals surface area contributed by atoms with E-state index in [1.165, 1.54) is 6.92 Å². The number of carboxylic acid groups (broad SMARTS) is 1. The quantitative estimate of drug-likeness (QED) is 0.0293. The number of ketones is 1. The smallest absolute Gasteiger partial charge is 0.336 e. The van der Waals surface area contributed by atoms with Gasteiger partial charge in [-0.15, -0.1) is 0 Å². The van der Waals surface area contributed by atoms with Crippen LogP contribution in [0.5, 0.6) is 0 Å². The Balaban J connectivity index is 1.50. The summed E-state index contributed by atoms with van der Waals surface area (Å²) in [6, 6.07) is 34.2. The molecule has 71 heavy (non-hydrogen) atoms. The predicted molar refractivity (Wildman–Crippen MR) is 262 cm³/mol. The van der Waals surface area contributed by atoms with E-state index in [-0.39, 0.29) is 51.7 Å². The van der Waals surface area contributed by atoms with Gasteiger partial charge in [-0.3, -0.25) is 15.0 Å². The number of benzene rings is 4. The number of alkyl halides is 6. The molecule has 4 aromatic rings. The number of aliphatic carboxylic acids is 1. The number of hydrogen-bond acceptors (Lipinski definition) is 14. The van der Waals surface area contributed by atoms with Crippen LogP contribution in [0, 0.1) is 5.41 Å². The molecule has 2 saturated heterocycles. The highest BCUT2D eigenvalue weighted by atomic mass is 35.6. The van der Waals surface area contributed by atoms with E-state index in [2.05, 4.69) is 5.32 Å². The van der Waals surface area contributed by atoms with Crippen LogP contribution in [0.3, 0.4) is 0 Å². The zero-order valence-electron chi connectivity index (χ0n) is 37.8. The molecule has 10 atom stereocenters. The van der Waals surface area contributed by atoms with Crippen LogP contribution < -0.4 is 5.32 Å². The van der Waals surface area contributed by atoms with Crippen LogP contribution in [0.15, 0.2) is 121 Å². The minimum absolute atomic E-state index is 0.0783. The van der Waals surface area contributed by atoms with Crippen LogP contribution in [0.25, 0.3) is 0 Å². The summed E-state index contributed by atoms with van der Waals surface area (Å²) < 4.78 is 52.2. The summed E-state index contributed by atoms with van der Waals surface area (Å²) in [6.07, 6.45) is -15.2. The molecule has 0 aliphatic carbocycles.